The summed E-state index contributed by atoms with van der Waals surface area (Å²) in [7, 11) is 0. The normalized spacial score (nSPS) is 12.9. The quantitative estimate of drug-likeness (QED) is 0.390. The molecule has 0 aromatic rings. The van der Waals surface area contributed by atoms with E-state index in [1.807, 2.05) is 0 Å². The first-order valence-electron chi connectivity index (χ1n) is 3.28. The number of aliphatic hydroxyl groups is 1. The first-order chi connectivity index (χ1) is 5.18. The number of hydrogen-bond acceptors (Lipinski definition) is 4. The lowest BCUT2D eigenvalue weighted by Crippen LogP contribution is -2.16. The number of carboxylic acids is 1. The van der Waals surface area contributed by atoms with Crippen LogP contribution in [0.5, 0.6) is 0 Å². The van der Waals surface area contributed by atoms with E-state index in [9.17, 15) is 4.79 Å². The summed E-state index contributed by atoms with van der Waals surface area (Å²) in [4.78, 5) is 10.2. The third-order valence-electron chi connectivity index (χ3n) is 1.06. The molecule has 0 aromatic heterocycles. The zero-order chi connectivity index (χ0) is 8.69. The first kappa shape index (κ1) is 10.7. The number of carbonyl (C=O) groups is 1. The maximum Gasteiger partial charge on any atom is 0.316 e. The van der Waals surface area contributed by atoms with Crippen LogP contribution in [0.15, 0.2) is 0 Å². The van der Waals surface area contributed by atoms with Crippen molar-refractivity contribution in [2.45, 2.75) is 11.7 Å². The van der Waals surface area contributed by atoms with E-state index < -0.39 is 11.2 Å². The van der Waals surface area contributed by atoms with Crippen molar-refractivity contribution in [3.8, 4) is 0 Å². The van der Waals surface area contributed by atoms with Gasteiger partial charge in [0.05, 0.1) is 13.2 Å². The molecule has 5 heteroatoms. The van der Waals surface area contributed by atoms with E-state index in [1.165, 1.54) is 0 Å². The van der Waals surface area contributed by atoms with E-state index in [-0.39, 0.29) is 13.2 Å². The van der Waals surface area contributed by atoms with E-state index in [2.05, 4.69) is 12.6 Å². The predicted octanol–water partition coefficient (Wildman–Crippen LogP) is -0.232. The molecular weight excluding hydrogens is 168 g/mol. The molecule has 0 saturated carbocycles. The second kappa shape index (κ2) is 6.45. The van der Waals surface area contributed by atoms with Crippen LogP contribution in [0.1, 0.15) is 6.42 Å². The SMILES string of the molecule is O=C(O)C(S)CCOCCO. The van der Waals surface area contributed by atoms with Crippen molar-refractivity contribution in [1.29, 1.82) is 0 Å². The molecule has 0 rings (SSSR count). The standard InChI is InChI=1S/C6H12O4S/c7-2-4-10-3-1-5(11)6(8)9/h5,7,11H,1-4H2,(H,8,9). The summed E-state index contributed by atoms with van der Waals surface area (Å²) in [6.45, 7) is 0.533. The van der Waals surface area contributed by atoms with Gasteiger partial charge < -0.3 is 14.9 Å². The third-order valence-corrected chi connectivity index (χ3v) is 1.54. The minimum absolute atomic E-state index is 0.0374. The molecule has 4 nitrogen and oxygen atoms in total. The van der Waals surface area contributed by atoms with Crippen molar-refractivity contribution >= 4 is 18.6 Å². The Morgan fingerprint density at radius 3 is 2.64 bits per heavy atom. The molecule has 11 heavy (non-hydrogen) atoms. The van der Waals surface area contributed by atoms with Gasteiger partial charge in [0.25, 0.3) is 0 Å². The average molecular weight is 180 g/mol. The zero-order valence-corrected chi connectivity index (χ0v) is 6.96. The Hall–Kier alpha value is -0.260. The Balaban J connectivity index is 3.17. The second-order valence-corrected chi connectivity index (χ2v) is 2.60. The van der Waals surface area contributed by atoms with Crippen LogP contribution in [-0.4, -0.2) is 41.3 Å². The fourth-order valence-electron chi connectivity index (χ4n) is 0.485. The minimum Gasteiger partial charge on any atom is -0.480 e. The second-order valence-electron chi connectivity index (χ2n) is 1.98. The molecule has 0 spiro atoms. The predicted molar refractivity (Wildman–Crippen MR) is 42.9 cm³/mol. The average Bonchev–Trinajstić information content (AvgIpc) is 1.97. The smallest absolute Gasteiger partial charge is 0.316 e. The Labute approximate surface area is 70.6 Å². The molecule has 0 aliphatic heterocycles. The molecule has 1 unspecified atom stereocenters. The van der Waals surface area contributed by atoms with Crippen molar-refractivity contribution in [2.75, 3.05) is 19.8 Å². The highest BCUT2D eigenvalue weighted by Crippen LogP contribution is 2.00. The lowest BCUT2D eigenvalue weighted by atomic mass is 10.3. The van der Waals surface area contributed by atoms with Crippen LogP contribution in [-0.2, 0) is 9.53 Å². The summed E-state index contributed by atoms with van der Waals surface area (Å²) >= 11 is 3.79. The highest BCUT2D eigenvalue weighted by molar-refractivity contribution is 7.81. The molecular formula is C6H12O4S. The van der Waals surface area contributed by atoms with Crippen molar-refractivity contribution < 1.29 is 19.7 Å². The fraction of sp³-hybridized carbons (Fsp3) is 0.833. The molecule has 0 radical (unpaired) electrons. The van der Waals surface area contributed by atoms with Crippen molar-refractivity contribution in [1.82, 2.24) is 0 Å². The maximum absolute atomic E-state index is 10.2. The summed E-state index contributed by atoms with van der Waals surface area (Å²) in [5, 5.41) is 16.0. The minimum atomic E-state index is -0.944. The summed E-state index contributed by atoms with van der Waals surface area (Å²) in [6.07, 6.45) is 0.360. The lowest BCUT2D eigenvalue weighted by molar-refractivity contribution is -0.136. The van der Waals surface area contributed by atoms with E-state index in [4.69, 9.17) is 14.9 Å². The van der Waals surface area contributed by atoms with Gasteiger partial charge in [-0.2, -0.15) is 12.6 Å². The number of aliphatic hydroxyl groups excluding tert-OH is 1. The summed E-state index contributed by atoms with van der Waals surface area (Å²) in [5.74, 6) is -0.944. The number of ether oxygens (including phenoxy) is 1. The van der Waals surface area contributed by atoms with Gasteiger partial charge in [0.2, 0.25) is 0 Å². The van der Waals surface area contributed by atoms with Crippen LogP contribution in [0.25, 0.3) is 0 Å². The largest absolute Gasteiger partial charge is 0.480 e. The fourth-order valence-corrected chi connectivity index (χ4v) is 0.590. The topological polar surface area (TPSA) is 66.8 Å². The molecule has 0 heterocycles. The van der Waals surface area contributed by atoms with Crippen molar-refractivity contribution in [3.05, 3.63) is 0 Å². The number of aliphatic carboxylic acids is 1. The van der Waals surface area contributed by atoms with Crippen LogP contribution in [0, 0.1) is 0 Å². The molecule has 0 aliphatic carbocycles. The van der Waals surface area contributed by atoms with Gasteiger partial charge in [0.1, 0.15) is 5.25 Å². The van der Waals surface area contributed by atoms with E-state index in [1.54, 1.807) is 0 Å². The van der Waals surface area contributed by atoms with Gasteiger partial charge in [-0.3, -0.25) is 4.79 Å². The Kier molecular flexibility index (Phi) is 6.30. The molecule has 0 amide bonds. The molecule has 0 bridgehead atoms. The van der Waals surface area contributed by atoms with Crippen molar-refractivity contribution in [2.24, 2.45) is 0 Å². The van der Waals surface area contributed by atoms with Crippen LogP contribution in [0.4, 0.5) is 0 Å². The summed E-state index contributed by atoms with van der Waals surface area (Å²) in [6, 6.07) is 0. The van der Waals surface area contributed by atoms with Gasteiger partial charge in [0, 0.05) is 6.61 Å². The van der Waals surface area contributed by atoms with Crippen molar-refractivity contribution in [3.63, 3.8) is 0 Å². The Morgan fingerprint density at radius 2 is 2.18 bits per heavy atom. The number of hydrogen-bond donors (Lipinski definition) is 3. The molecule has 66 valence electrons. The van der Waals surface area contributed by atoms with E-state index in [0.717, 1.165) is 0 Å². The summed E-state index contributed by atoms with van der Waals surface area (Å²) in [5.41, 5.74) is 0. The van der Waals surface area contributed by atoms with E-state index in [0.29, 0.717) is 13.0 Å². The van der Waals surface area contributed by atoms with E-state index >= 15 is 0 Å². The maximum atomic E-state index is 10.2. The monoisotopic (exact) mass is 180 g/mol. The van der Waals surface area contributed by atoms with Gasteiger partial charge in [-0.15, -0.1) is 0 Å². The summed E-state index contributed by atoms with van der Waals surface area (Å²) < 4.78 is 4.84. The number of carboxylic acid groups (broad SMARTS) is 1. The molecule has 0 saturated heterocycles. The van der Waals surface area contributed by atoms with Gasteiger partial charge in [-0.25, -0.2) is 0 Å². The molecule has 1 atom stereocenters. The van der Waals surface area contributed by atoms with Crippen LogP contribution in [0.2, 0.25) is 0 Å². The Morgan fingerprint density at radius 1 is 1.55 bits per heavy atom. The molecule has 0 aromatic carbocycles. The van der Waals surface area contributed by atoms with Gasteiger partial charge in [-0.1, -0.05) is 0 Å². The highest BCUT2D eigenvalue weighted by Gasteiger charge is 2.10. The molecule has 0 fully saturated rings. The third kappa shape index (κ3) is 6.15. The lowest BCUT2D eigenvalue weighted by Gasteiger charge is -2.04. The molecule has 2 N–H and O–H groups in total. The number of thiol groups is 1. The van der Waals surface area contributed by atoms with Crippen LogP contribution in [0.3, 0.4) is 0 Å². The van der Waals surface area contributed by atoms with Crippen LogP contribution >= 0.6 is 12.6 Å². The Bertz CT molecular complexity index is 117. The number of rotatable bonds is 6. The first-order valence-corrected chi connectivity index (χ1v) is 3.79. The van der Waals surface area contributed by atoms with Crippen LogP contribution < -0.4 is 0 Å². The van der Waals surface area contributed by atoms with Gasteiger partial charge in [0.15, 0.2) is 0 Å². The van der Waals surface area contributed by atoms with Gasteiger partial charge >= 0.3 is 5.97 Å². The van der Waals surface area contributed by atoms with Gasteiger partial charge in [-0.05, 0) is 6.42 Å². The zero-order valence-electron chi connectivity index (χ0n) is 6.06. The molecule has 0 aliphatic rings. The highest BCUT2D eigenvalue weighted by atomic mass is 32.1.